The highest BCUT2D eigenvalue weighted by Gasteiger charge is 2.37. The van der Waals surface area contributed by atoms with E-state index in [0.29, 0.717) is 0 Å². The molecule has 0 aromatic heterocycles. The number of rotatable bonds is 3. The first kappa shape index (κ1) is 17.8. The van der Waals surface area contributed by atoms with Crippen LogP contribution in [-0.2, 0) is 15.8 Å². The van der Waals surface area contributed by atoms with Crippen molar-refractivity contribution in [2.45, 2.75) is 50.7 Å². The SMILES string of the molecule is O=C(NC1CCCCC1)[C@@H]1CC(=O)N(c2cccc(C(F)(F)F)c2)C1. The fourth-order valence-corrected chi connectivity index (χ4v) is 3.55. The third-order valence-corrected chi connectivity index (χ3v) is 4.93. The minimum Gasteiger partial charge on any atom is -0.353 e. The molecule has 0 unspecified atom stereocenters. The molecule has 1 N–H and O–H groups in total. The highest BCUT2D eigenvalue weighted by molar-refractivity contribution is 6.00. The number of carbonyl (C=O) groups is 2. The maximum absolute atomic E-state index is 12.8. The van der Waals surface area contributed by atoms with Crippen LogP contribution in [0.2, 0.25) is 0 Å². The van der Waals surface area contributed by atoms with Crippen LogP contribution < -0.4 is 10.2 Å². The summed E-state index contributed by atoms with van der Waals surface area (Å²) in [4.78, 5) is 25.9. The molecule has 1 aliphatic heterocycles. The van der Waals surface area contributed by atoms with Crippen LogP contribution in [0.4, 0.5) is 18.9 Å². The Morgan fingerprint density at radius 2 is 1.88 bits per heavy atom. The van der Waals surface area contributed by atoms with Crippen molar-refractivity contribution >= 4 is 17.5 Å². The lowest BCUT2D eigenvalue weighted by Gasteiger charge is -2.24. The van der Waals surface area contributed by atoms with Crippen LogP contribution in [0.25, 0.3) is 0 Å². The van der Waals surface area contributed by atoms with Crippen molar-refractivity contribution in [1.29, 1.82) is 0 Å². The molecule has 0 bridgehead atoms. The lowest BCUT2D eigenvalue weighted by atomic mass is 9.95. The molecule has 2 amide bonds. The molecule has 1 aromatic rings. The summed E-state index contributed by atoms with van der Waals surface area (Å²) in [6, 6.07) is 4.82. The van der Waals surface area contributed by atoms with Crippen LogP contribution in [0.1, 0.15) is 44.1 Å². The highest BCUT2D eigenvalue weighted by atomic mass is 19.4. The van der Waals surface area contributed by atoms with Crippen molar-refractivity contribution < 1.29 is 22.8 Å². The average molecular weight is 354 g/mol. The molecule has 7 heteroatoms. The number of nitrogens with one attached hydrogen (secondary N) is 1. The third kappa shape index (κ3) is 4.14. The molecule has 1 atom stereocenters. The maximum atomic E-state index is 12.8. The summed E-state index contributed by atoms with van der Waals surface area (Å²) in [7, 11) is 0. The second-order valence-corrected chi connectivity index (χ2v) is 6.80. The van der Waals surface area contributed by atoms with Gasteiger partial charge in [-0.15, -0.1) is 0 Å². The fraction of sp³-hybridized carbons (Fsp3) is 0.556. The van der Waals surface area contributed by atoms with Gasteiger partial charge in [-0.2, -0.15) is 13.2 Å². The molecule has 3 rings (SSSR count). The van der Waals surface area contributed by atoms with Crippen molar-refractivity contribution in [3.05, 3.63) is 29.8 Å². The highest BCUT2D eigenvalue weighted by Crippen LogP contribution is 2.33. The lowest BCUT2D eigenvalue weighted by molar-refractivity contribution is -0.137. The number of amides is 2. The first-order valence-corrected chi connectivity index (χ1v) is 8.62. The zero-order chi connectivity index (χ0) is 18.0. The topological polar surface area (TPSA) is 49.4 Å². The molecular formula is C18H21F3N2O2. The van der Waals surface area contributed by atoms with Crippen molar-refractivity contribution in [3.63, 3.8) is 0 Å². The van der Waals surface area contributed by atoms with Gasteiger partial charge < -0.3 is 10.2 Å². The fourth-order valence-electron chi connectivity index (χ4n) is 3.55. The summed E-state index contributed by atoms with van der Waals surface area (Å²) in [5.74, 6) is -0.998. The molecule has 136 valence electrons. The van der Waals surface area contributed by atoms with Crippen LogP contribution in [0.15, 0.2) is 24.3 Å². The number of anilines is 1. The van der Waals surface area contributed by atoms with E-state index in [1.54, 1.807) is 0 Å². The van der Waals surface area contributed by atoms with Crippen LogP contribution in [0, 0.1) is 5.92 Å². The predicted octanol–water partition coefficient (Wildman–Crippen LogP) is 3.51. The van der Waals surface area contributed by atoms with E-state index in [1.165, 1.54) is 23.5 Å². The van der Waals surface area contributed by atoms with Crippen LogP contribution >= 0.6 is 0 Å². The molecule has 0 radical (unpaired) electrons. The number of halogens is 3. The zero-order valence-corrected chi connectivity index (χ0v) is 13.8. The molecule has 25 heavy (non-hydrogen) atoms. The second kappa shape index (κ2) is 7.06. The number of hydrogen-bond acceptors (Lipinski definition) is 2. The largest absolute Gasteiger partial charge is 0.416 e. The van der Waals surface area contributed by atoms with Gasteiger partial charge in [-0.3, -0.25) is 9.59 Å². The summed E-state index contributed by atoms with van der Waals surface area (Å²) in [5.41, 5.74) is -0.610. The summed E-state index contributed by atoms with van der Waals surface area (Å²) < 4.78 is 38.5. The molecule has 1 aliphatic carbocycles. The number of hydrogen-bond donors (Lipinski definition) is 1. The van der Waals surface area contributed by atoms with Crippen molar-refractivity contribution in [3.8, 4) is 0 Å². The Morgan fingerprint density at radius 1 is 1.16 bits per heavy atom. The number of nitrogens with zero attached hydrogens (tertiary/aromatic N) is 1. The first-order valence-electron chi connectivity index (χ1n) is 8.62. The minimum absolute atomic E-state index is 0.0365. The molecule has 2 fully saturated rings. The third-order valence-electron chi connectivity index (χ3n) is 4.93. The van der Waals surface area contributed by atoms with Gasteiger partial charge in [0.25, 0.3) is 0 Å². The van der Waals surface area contributed by atoms with E-state index < -0.39 is 17.7 Å². The molecule has 1 saturated heterocycles. The van der Waals surface area contributed by atoms with E-state index in [2.05, 4.69) is 5.32 Å². The summed E-state index contributed by atoms with van der Waals surface area (Å²) in [6.45, 7) is 0.124. The van der Waals surface area contributed by atoms with Gasteiger partial charge in [-0.1, -0.05) is 25.3 Å². The van der Waals surface area contributed by atoms with E-state index in [9.17, 15) is 22.8 Å². The van der Waals surface area contributed by atoms with E-state index in [4.69, 9.17) is 0 Å². The first-order chi connectivity index (χ1) is 11.8. The Balaban J connectivity index is 1.67. The van der Waals surface area contributed by atoms with Gasteiger partial charge in [0, 0.05) is 24.7 Å². The van der Waals surface area contributed by atoms with Gasteiger partial charge in [0.1, 0.15) is 0 Å². The number of carbonyl (C=O) groups excluding carboxylic acids is 2. The predicted molar refractivity (Wildman–Crippen MR) is 86.9 cm³/mol. The van der Waals surface area contributed by atoms with Gasteiger partial charge >= 0.3 is 6.18 Å². The summed E-state index contributed by atoms with van der Waals surface area (Å²) >= 11 is 0. The Labute approximate surface area is 144 Å². The molecular weight excluding hydrogens is 333 g/mol. The van der Waals surface area contributed by atoms with Gasteiger partial charge in [-0.05, 0) is 31.0 Å². The van der Waals surface area contributed by atoms with Crippen LogP contribution in [0.3, 0.4) is 0 Å². The van der Waals surface area contributed by atoms with Crippen molar-refractivity contribution in [1.82, 2.24) is 5.32 Å². The summed E-state index contributed by atoms with van der Waals surface area (Å²) in [5, 5.41) is 2.99. The van der Waals surface area contributed by atoms with Gasteiger partial charge in [0.2, 0.25) is 11.8 Å². The zero-order valence-electron chi connectivity index (χ0n) is 13.8. The van der Waals surface area contributed by atoms with Crippen LogP contribution in [0.5, 0.6) is 0 Å². The molecule has 1 aromatic carbocycles. The molecule has 1 saturated carbocycles. The Bertz CT molecular complexity index is 654. The number of benzene rings is 1. The van der Waals surface area contributed by atoms with Crippen molar-refractivity contribution in [2.24, 2.45) is 5.92 Å². The molecule has 4 nitrogen and oxygen atoms in total. The monoisotopic (exact) mass is 354 g/mol. The minimum atomic E-state index is -4.46. The number of alkyl halides is 3. The van der Waals surface area contributed by atoms with Gasteiger partial charge in [0.05, 0.1) is 11.5 Å². The quantitative estimate of drug-likeness (QED) is 0.903. The Morgan fingerprint density at radius 3 is 2.56 bits per heavy atom. The molecule has 1 heterocycles. The van der Waals surface area contributed by atoms with Crippen molar-refractivity contribution in [2.75, 3.05) is 11.4 Å². The van der Waals surface area contributed by atoms with Crippen LogP contribution in [-0.4, -0.2) is 24.4 Å². The smallest absolute Gasteiger partial charge is 0.353 e. The Kier molecular flexibility index (Phi) is 5.01. The van der Waals surface area contributed by atoms with E-state index in [1.807, 2.05) is 0 Å². The Hall–Kier alpha value is -2.05. The maximum Gasteiger partial charge on any atom is 0.416 e. The summed E-state index contributed by atoms with van der Waals surface area (Å²) in [6.07, 6.45) is 0.826. The van der Waals surface area contributed by atoms with E-state index >= 15 is 0 Å². The standard InChI is InChI=1S/C18H21F3N2O2/c19-18(20,21)13-5-4-8-15(10-13)23-11-12(9-16(23)24)17(25)22-14-6-2-1-3-7-14/h4-5,8,10,12,14H,1-3,6-7,9,11H2,(H,22,25)/t12-/m1/s1. The lowest BCUT2D eigenvalue weighted by Crippen LogP contribution is -2.40. The van der Waals surface area contributed by atoms with Gasteiger partial charge in [-0.25, -0.2) is 0 Å². The van der Waals surface area contributed by atoms with E-state index in [0.717, 1.165) is 37.8 Å². The second-order valence-electron chi connectivity index (χ2n) is 6.80. The normalized spacial score (nSPS) is 22.3. The average Bonchev–Trinajstić information content (AvgIpc) is 2.97. The molecule has 0 spiro atoms. The van der Waals surface area contributed by atoms with Gasteiger partial charge in [0.15, 0.2) is 0 Å². The van der Waals surface area contributed by atoms with E-state index in [-0.39, 0.29) is 36.5 Å². The molecule has 2 aliphatic rings.